The van der Waals surface area contributed by atoms with Crippen molar-refractivity contribution in [2.75, 3.05) is 65.5 Å². The number of ether oxygens (including phenoxy) is 4. The fraction of sp³-hybridized carbons (Fsp3) is 0.519. The van der Waals surface area contributed by atoms with Gasteiger partial charge >= 0.3 is 0 Å². The molecule has 0 bridgehead atoms. The molecule has 38 heavy (non-hydrogen) atoms. The summed E-state index contributed by atoms with van der Waals surface area (Å²) in [4.78, 5) is 15.4. The van der Waals surface area contributed by atoms with E-state index < -0.39 is 22.5 Å². The molecule has 10 nitrogen and oxygen atoms in total. The van der Waals surface area contributed by atoms with Crippen LogP contribution in [0.2, 0.25) is 0 Å². The number of nitrogens with one attached hydrogen (secondary N) is 1. The zero-order chi connectivity index (χ0) is 27.5. The molecule has 1 saturated heterocycles. The molecule has 0 unspecified atom stereocenters. The molecule has 0 saturated carbocycles. The van der Waals surface area contributed by atoms with Crippen molar-refractivity contribution in [3.05, 3.63) is 36.4 Å². The van der Waals surface area contributed by atoms with E-state index in [0.717, 1.165) is 30.4 Å². The Balaban J connectivity index is 1.84. The van der Waals surface area contributed by atoms with Crippen molar-refractivity contribution in [3.63, 3.8) is 0 Å². The Morgan fingerprint density at radius 2 is 1.53 bits per heavy atom. The van der Waals surface area contributed by atoms with E-state index in [2.05, 4.69) is 10.2 Å². The van der Waals surface area contributed by atoms with Gasteiger partial charge in [0.05, 0.1) is 39.0 Å². The maximum atomic E-state index is 13.9. The van der Waals surface area contributed by atoms with Gasteiger partial charge in [0.15, 0.2) is 11.5 Å². The number of amides is 1. The summed E-state index contributed by atoms with van der Waals surface area (Å²) in [5.74, 6) is 0.924. The van der Waals surface area contributed by atoms with Crippen LogP contribution in [0.5, 0.6) is 23.0 Å². The second-order valence-corrected chi connectivity index (χ2v) is 10.9. The predicted molar refractivity (Wildman–Crippen MR) is 146 cm³/mol. The smallest absolute Gasteiger partial charge is 0.265 e. The van der Waals surface area contributed by atoms with Gasteiger partial charge in [0, 0.05) is 18.7 Å². The number of nitrogens with zero attached hydrogens (tertiary/aromatic N) is 2. The first-order valence-corrected chi connectivity index (χ1v) is 14.2. The highest BCUT2D eigenvalue weighted by atomic mass is 32.2. The van der Waals surface area contributed by atoms with Crippen molar-refractivity contribution >= 4 is 21.6 Å². The van der Waals surface area contributed by atoms with Crippen LogP contribution >= 0.6 is 0 Å². The number of hydrogen-bond donors (Lipinski definition) is 1. The Bertz CT molecular complexity index is 1170. The summed E-state index contributed by atoms with van der Waals surface area (Å²) in [6, 6.07) is 9.08. The first-order valence-electron chi connectivity index (χ1n) is 12.8. The van der Waals surface area contributed by atoms with E-state index >= 15 is 0 Å². The normalized spacial score (nSPS) is 14.3. The van der Waals surface area contributed by atoms with Crippen LogP contribution in [0.15, 0.2) is 41.3 Å². The quantitative estimate of drug-likeness (QED) is 0.380. The summed E-state index contributed by atoms with van der Waals surface area (Å²) < 4.78 is 50.2. The lowest BCUT2D eigenvalue weighted by atomic mass is 10.2. The Kier molecular flexibility index (Phi) is 10.9. The van der Waals surface area contributed by atoms with Crippen LogP contribution in [0.25, 0.3) is 0 Å². The molecule has 1 amide bonds. The van der Waals surface area contributed by atoms with Crippen molar-refractivity contribution in [3.8, 4) is 23.0 Å². The number of carbonyl (C=O) groups excluding carboxylic acids is 1. The van der Waals surface area contributed by atoms with Gasteiger partial charge in [-0.2, -0.15) is 0 Å². The third kappa shape index (κ3) is 7.44. The number of rotatable bonds is 13. The summed E-state index contributed by atoms with van der Waals surface area (Å²) in [7, 11) is 1.59. The number of hydrogen-bond acceptors (Lipinski definition) is 8. The number of sulfonamides is 1. The fourth-order valence-electron chi connectivity index (χ4n) is 4.47. The molecule has 0 radical (unpaired) electrons. The van der Waals surface area contributed by atoms with Crippen LogP contribution in [0.1, 0.15) is 32.1 Å². The Hall–Kier alpha value is -3.18. The van der Waals surface area contributed by atoms with Crippen LogP contribution in [-0.2, 0) is 14.8 Å². The molecule has 210 valence electrons. The maximum absolute atomic E-state index is 13.9. The number of carbonyl (C=O) groups is 1. The van der Waals surface area contributed by atoms with E-state index in [1.54, 1.807) is 12.1 Å². The molecule has 2 aromatic carbocycles. The van der Waals surface area contributed by atoms with Crippen LogP contribution < -0.4 is 28.6 Å². The van der Waals surface area contributed by atoms with Gasteiger partial charge in [-0.3, -0.25) is 9.10 Å². The summed E-state index contributed by atoms with van der Waals surface area (Å²) in [6.07, 6.45) is 5.74. The molecule has 3 rings (SSSR count). The lowest BCUT2D eigenvalue weighted by Gasteiger charge is -2.26. The van der Waals surface area contributed by atoms with Gasteiger partial charge < -0.3 is 29.2 Å². The molecule has 1 aliphatic heterocycles. The minimum Gasteiger partial charge on any atom is -0.497 e. The third-order valence-corrected chi connectivity index (χ3v) is 8.31. The summed E-state index contributed by atoms with van der Waals surface area (Å²) in [5, 5.41) is 2.88. The minimum atomic E-state index is -4.22. The molecule has 1 aliphatic rings. The highest BCUT2D eigenvalue weighted by molar-refractivity contribution is 7.92. The topological polar surface area (TPSA) is 107 Å². The van der Waals surface area contributed by atoms with Crippen LogP contribution in [0.3, 0.4) is 0 Å². The summed E-state index contributed by atoms with van der Waals surface area (Å²) >= 11 is 0. The SMILES string of the molecule is COc1ccc(OC)c(N(CC(=O)NCCCN2CCCCCC2)S(=O)(=O)c2ccc(OC)c(OC)c2)c1. The predicted octanol–water partition coefficient (Wildman–Crippen LogP) is 3.30. The van der Waals surface area contributed by atoms with E-state index in [-0.39, 0.29) is 22.1 Å². The van der Waals surface area contributed by atoms with Crippen LogP contribution in [-0.4, -0.2) is 80.4 Å². The molecule has 0 spiro atoms. The largest absolute Gasteiger partial charge is 0.497 e. The average Bonchev–Trinajstić information content (AvgIpc) is 3.22. The number of anilines is 1. The minimum absolute atomic E-state index is 0.0611. The van der Waals surface area contributed by atoms with Crippen molar-refractivity contribution in [1.29, 1.82) is 0 Å². The van der Waals surface area contributed by atoms with Crippen LogP contribution in [0.4, 0.5) is 5.69 Å². The standard InChI is InChI=1S/C27H39N3O7S/c1-34-21-10-12-24(35-2)23(18-21)30(38(32,33)22-11-13-25(36-3)26(19-22)37-4)20-27(31)28-14-9-17-29-15-7-5-6-8-16-29/h10-13,18-19H,5-9,14-17,20H2,1-4H3,(H,28,31). The maximum Gasteiger partial charge on any atom is 0.265 e. The molecule has 1 N–H and O–H groups in total. The van der Waals surface area contributed by atoms with E-state index in [9.17, 15) is 13.2 Å². The Morgan fingerprint density at radius 3 is 2.16 bits per heavy atom. The van der Waals surface area contributed by atoms with Crippen molar-refractivity contribution in [2.24, 2.45) is 0 Å². The van der Waals surface area contributed by atoms with Gasteiger partial charge in [-0.1, -0.05) is 12.8 Å². The zero-order valence-electron chi connectivity index (χ0n) is 22.7. The van der Waals surface area contributed by atoms with Gasteiger partial charge in [0.1, 0.15) is 18.0 Å². The van der Waals surface area contributed by atoms with Crippen molar-refractivity contribution < 1.29 is 32.2 Å². The molecule has 0 aliphatic carbocycles. The number of methoxy groups -OCH3 is 4. The molecule has 1 fully saturated rings. The van der Waals surface area contributed by atoms with Gasteiger partial charge in [0.25, 0.3) is 10.0 Å². The fourth-order valence-corrected chi connectivity index (χ4v) is 5.91. The van der Waals surface area contributed by atoms with E-state index in [1.807, 2.05) is 0 Å². The third-order valence-electron chi connectivity index (χ3n) is 6.56. The zero-order valence-corrected chi connectivity index (χ0v) is 23.5. The first kappa shape index (κ1) is 29.4. The highest BCUT2D eigenvalue weighted by Gasteiger charge is 2.31. The second-order valence-electron chi connectivity index (χ2n) is 9.03. The molecule has 1 heterocycles. The molecular formula is C27H39N3O7S. The van der Waals surface area contributed by atoms with Gasteiger partial charge in [0.2, 0.25) is 5.91 Å². The van der Waals surface area contributed by atoms with E-state index in [4.69, 9.17) is 18.9 Å². The lowest BCUT2D eigenvalue weighted by Crippen LogP contribution is -2.41. The molecular weight excluding hydrogens is 510 g/mol. The van der Waals surface area contributed by atoms with Gasteiger partial charge in [-0.25, -0.2) is 8.42 Å². The summed E-state index contributed by atoms with van der Waals surface area (Å²) in [6.45, 7) is 3.08. The van der Waals surface area contributed by atoms with Crippen LogP contribution in [0, 0.1) is 0 Å². The Morgan fingerprint density at radius 1 is 0.868 bits per heavy atom. The number of benzene rings is 2. The van der Waals surface area contributed by atoms with Crippen molar-refractivity contribution in [2.45, 2.75) is 37.0 Å². The average molecular weight is 550 g/mol. The highest BCUT2D eigenvalue weighted by Crippen LogP contribution is 2.37. The lowest BCUT2D eigenvalue weighted by molar-refractivity contribution is -0.119. The van der Waals surface area contributed by atoms with Gasteiger partial charge in [-0.05, 0) is 63.2 Å². The molecule has 0 atom stereocenters. The summed E-state index contributed by atoms with van der Waals surface area (Å²) in [5.41, 5.74) is 0.182. The van der Waals surface area contributed by atoms with Crippen molar-refractivity contribution in [1.82, 2.24) is 10.2 Å². The molecule has 2 aromatic rings. The second kappa shape index (κ2) is 14.1. The molecule has 0 aromatic heterocycles. The monoisotopic (exact) mass is 549 g/mol. The van der Waals surface area contributed by atoms with Gasteiger partial charge in [-0.15, -0.1) is 0 Å². The molecule has 11 heteroatoms. The Labute approximate surface area is 225 Å². The number of likely N-dealkylation sites (tertiary alicyclic amines) is 1. The first-order chi connectivity index (χ1) is 18.3. The van der Waals surface area contributed by atoms with E-state index in [1.165, 1.54) is 78.4 Å². The van der Waals surface area contributed by atoms with E-state index in [0.29, 0.717) is 18.0 Å².